The molecule has 1 rings (SSSR count). The molecule has 104 valence electrons. The van der Waals surface area contributed by atoms with Crippen LogP contribution in [0.15, 0.2) is 0 Å². The maximum Gasteiger partial charge on any atom is 0.411 e. The molecule has 1 aliphatic rings. The van der Waals surface area contributed by atoms with Gasteiger partial charge in [0.2, 0.25) is 0 Å². The van der Waals surface area contributed by atoms with Gasteiger partial charge in [-0.15, -0.1) is 0 Å². The van der Waals surface area contributed by atoms with Gasteiger partial charge in [-0.1, -0.05) is 0 Å². The zero-order valence-corrected chi connectivity index (χ0v) is 10.6. The standard InChI is InChI=1S/C11H17F2NO4/c1-10(2,3)18-9(17)14-6-4-5-11(12,13)7(14)8(15)16/h7H,4-6H2,1-3H3,(H,15,16)/t7-/m0/s1. The lowest BCUT2D eigenvalue weighted by Crippen LogP contribution is -2.59. The molecule has 0 aromatic heterocycles. The minimum atomic E-state index is -3.43. The molecule has 1 aliphatic heterocycles. The summed E-state index contributed by atoms with van der Waals surface area (Å²) in [4.78, 5) is 23.2. The molecule has 0 bridgehead atoms. The molecule has 18 heavy (non-hydrogen) atoms. The number of carboxylic acids is 1. The highest BCUT2D eigenvalue weighted by Crippen LogP contribution is 2.34. The van der Waals surface area contributed by atoms with Crippen LogP contribution in [0.25, 0.3) is 0 Å². The second kappa shape index (κ2) is 4.70. The van der Waals surface area contributed by atoms with Gasteiger partial charge in [-0.3, -0.25) is 4.90 Å². The molecule has 7 heteroatoms. The van der Waals surface area contributed by atoms with E-state index in [1.54, 1.807) is 20.8 Å². The summed E-state index contributed by atoms with van der Waals surface area (Å²) in [6, 6.07) is -2.15. The Kier molecular flexibility index (Phi) is 3.83. The monoisotopic (exact) mass is 265 g/mol. The molecule has 0 saturated carbocycles. The molecule has 1 amide bonds. The highest BCUT2D eigenvalue weighted by atomic mass is 19.3. The van der Waals surface area contributed by atoms with Crippen LogP contribution in [-0.4, -0.2) is 46.2 Å². The molecule has 1 saturated heterocycles. The molecule has 0 unspecified atom stereocenters. The molecular weight excluding hydrogens is 248 g/mol. The second-order valence-corrected chi connectivity index (χ2v) is 5.28. The summed E-state index contributed by atoms with van der Waals surface area (Å²) in [7, 11) is 0. The van der Waals surface area contributed by atoms with Crippen molar-refractivity contribution in [2.45, 2.75) is 51.2 Å². The topological polar surface area (TPSA) is 66.8 Å². The van der Waals surface area contributed by atoms with Crippen molar-refractivity contribution < 1.29 is 28.2 Å². The van der Waals surface area contributed by atoms with Crippen LogP contribution in [0.4, 0.5) is 13.6 Å². The number of halogens is 2. The molecule has 0 aromatic carbocycles. The van der Waals surface area contributed by atoms with Gasteiger partial charge in [0.25, 0.3) is 5.92 Å². The van der Waals surface area contributed by atoms with E-state index in [4.69, 9.17) is 9.84 Å². The summed E-state index contributed by atoms with van der Waals surface area (Å²) in [5, 5.41) is 8.86. The summed E-state index contributed by atoms with van der Waals surface area (Å²) in [5.41, 5.74) is -0.854. The van der Waals surface area contributed by atoms with Crippen molar-refractivity contribution in [1.29, 1.82) is 0 Å². The first-order chi connectivity index (χ1) is 8.04. The van der Waals surface area contributed by atoms with Gasteiger partial charge < -0.3 is 9.84 Å². The van der Waals surface area contributed by atoms with Crippen LogP contribution in [0.3, 0.4) is 0 Å². The molecule has 0 radical (unpaired) electrons. The fraction of sp³-hybridized carbons (Fsp3) is 0.818. The van der Waals surface area contributed by atoms with E-state index in [-0.39, 0.29) is 13.0 Å². The molecule has 1 atom stereocenters. The van der Waals surface area contributed by atoms with Crippen molar-refractivity contribution in [1.82, 2.24) is 4.90 Å². The van der Waals surface area contributed by atoms with Crippen LogP contribution in [-0.2, 0) is 9.53 Å². The lowest BCUT2D eigenvalue weighted by atomic mass is 9.98. The van der Waals surface area contributed by atoms with Crippen molar-refractivity contribution in [3.63, 3.8) is 0 Å². The molecule has 0 spiro atoms. The maximum absolute atomic E-state index is 13.5. The zero-order valence-electron chi connectivity index (χ0n) is 10.6. The smallest absolute Gasteiger partial charge is 0.411 e. The Morgan fingerprint density at radius 3 is 2.39 bits per heavy atom. The van der Waals surface area contributed by atoms with Crippen molar-refractivity contribution >= 4 is 12.1 Å². The summed E-state index contributed by atoms with van der Waals surface area (Å²) in [6.07, 6.45) is -1.51. The van der Waals surface area contributed by atoms with Crippen LogP contribution in [0.1, 0.15) is 33.6 Å². The van der Waals surface area contributed by atoms with Gasteiger partial charge in [0, 0.05) is 13.0 Å². The normalized spacial score (nSPS) is 23.6. The predicted molar refractivity (Wildman–Crippen MR) is 58.5 cm³/mol. The number of nitrogens with zero attached hydrogens (tertiary/aromatic N) is 1. The fourth-order valence-corrected chi connectivity index (χ4v) is 1.81. The van der Waals surface area contributed by atoms with Gasteiger partial charge in [0.05, 0.1) is 0 Å². The van der Waals surface area contributed by atoms with Gasteiger partial charge in [-0.05, 0) is 27.2 Å². The first-order valence-corrected chi connectivity index (χ1v) is 5.65. The summed E-state index contributed by atoms with van der Waals surface area (Å²) in [6.45, 7) is 4.72. The Hall–Kier alpha value is -1.40. The van der Waals surface area contributed by atoms with Crippen LogP contribution in [0, 0.1) is 0 Å². The molecule has 1 N–H and O–H groups in total. The molecule has 1 fully saturated rings. The Morgan fingerprint density at radius 1 is 1.39 bits per heavy atom. The van der Waals surface area contributed by atoms with Crippen molar-refractivity contribution in [3.05, 3.63) is 0 Å². The van der Waals surface area contributed by atoms with Crippen LogP contribution >= 0.6 is 0 Å². The van der Waals surface area contributed by atoms with Gasteiger partial charge >= 0.3 is 12.1 Å². The average molecular weight is 265 g/mol. The lowest BCUT2D eigenvalue weighted by molar-refractivity contribution is -0.167. The number of hydrogen-bond donors (Lipinski definition) is 1. The van der Waals surface area contributed by atoms with Crippen molar-refractivity contribution in [3.8, 4) is 0 Å². The molecule has 5 nitrogen and oxygen atoms in total. The van der Waals surface area contributed by atoms with Gasteiger partial charge in [-0.2, -0.15) is 0 Å². The minimum Gasteiger partial charge on any atom is -0.480 e. The number of hydrogen-bond acceptors (Lipinski definition) is 3. The number of likely N-dealkylation sites (tertiary alicyclic amines) is 1. The summed E-state index contributed by atoms with van der Waals surface area (Å²) < 4.78 is 32.0. The number of carbonyl (C=O) groups excluding carboxylic acids is 1. The number of carbonyl (C=O) groups is 2. The maximum atomic E-state index is 13.5. The number of alkyl halides is 2. The molecular formula is C11H17F2NO4. The highest BCUT2D eigenvalue weighted by Gasteiger charge is 2.53. The number of piperidine rings is 1. The summed E-state index contributed by atoms with van der Waals surface area (Å²) >= 11 is 0. The Labute approximate surface area is 104 Å². The SMILES string of the molecule is CC(C)(C)OC(=O)N1CCCC(F)(F)[C@@H]1C(=O)O. The third-order valence-corrected chi connectivity index (χ3v) is 2.48. The van der Waals surface area contributed by atoms with E-state index < -0.39 is 36.0 Å². The third kappa shape index (κ3) is 3.30. The lowest BCUT2D eigenvalue weighted by Gasteiger charge is -2.38. The molecule has 0 aromatic rings. The largest absolute Gasteiger partial charge is 0.480 e. The minimum absolute atomic E-state index is 0.0402. The first-order valence-electron chi connectivity index (χ1n) is 5.65. The van der Waals surface area contributed by atoms with E-state index in [0.29, 0.717) is 4.90 Å². The van der Waals surface area contributed by atoms with Crippen LogP contribution < -0.4 is 0 Å². The van der Waals surface area contributed by atoms with Crippen LogP contribution in [0.5, 0.6) is 0 Å². The van der Waals surface area contributed by atoms with E-state index in [2.05, 4.69) is 0 Å². The number of amides is 1. The van der Waals surface area contributed by atoms with E-state index in [1.165, 1.54) is 0 Å². The Bertz CT molecular complexity index is 351. The Balaban J connectivity index is 2.91. The Morgan fingerprint density at radius 2 is 1.94 bits per heavy atom. The van der Waals surface area contributed by atoms with Crippen molar-refractivity contribution in [2.24, 2.45) is 0 Å². The van der Waals surface area contributed by atoms with Gasteiger partial charge in [0.1, 0.15) is 5.60 Å². The average Bonchev–Trinajstić information content (AvgIpc) is 2.11. The summed E-state index contributed by atoms with van der Waals surface area (Å²) in [5.74, 6) is -5.15. The van der Waals surface area contributed by atoms with E-state index in [9.17, 15) is 18.4 Å². The quantitative estimate of drug-likeness (QED) is 0.788. The second-order valence-electron chi connectivity index (χ2n) is 5.28. The first kappa shape index (κ1) is 14.7. The predicted octanol–water partition coefficient (Wildman–Crippen LogP) is 2.11. The number of aliphatic carboxylic acids is 1. The van der Waals surface area contributed by atoms with E-state index >= 15 is 0 Å². The van der Waals surface area contributed by atoms with Gasteiger partial charge in [-0.25, -0.2) is 18.4 Å². The van der Waals surface area contributed by atoms with Crippen molar-refractivity contribution in [2.75, 3.05) is 6.54 Å². The number of rotatable bonds is 1. The fourth-order valence-electron chi connectivity index (χ4n) is 1.81. The zero-order chi connectivity index (χ0) is 14.1. The number of ether oxygens (including phenoxy) is 1. The van der Waals surface area contributed by atoms with E-state index in [1.807, 2.05) is 0 Å². The molecule has 0 aliphatic carbocycles. The number of carboxylic acid groups (broad SMARTS) is 1. The van der Waals surface area contributed by atoms with Gasteiger partial charge in [0.15, 0.2) is 6.04 Å². The highest BCUT2D eigenvalue weighted by molar-refractivity contribution is 5.81. The van der Waals surface area contributed by atoms with Crippen LogP contribution in [0.2, 0.25) is 0 Å². The third-order valence-electron chi connectivity index (χ3n) is 2.48. The molecule has 1 heterocycles. The van der Waals surface area contributed by atoms with E-state index in [0.717, 1.165) is 0 Å².